The molecule has 28 heavy (non-hydrogen) atoms. The molecule has 2 heterocycles. The average Bonchev–Trinajstić information content (AvgIpc) is 3.29. The molecule has 0 spiro atoms. The fourth-order valence-corrected chi connectivity index (χ4v) is 3.87. The van der Waals surface area contributed by atoms with Crippen LogP contribution in [-0.4, -0.2) is 20.6 Å². The lowest BCUT2D eigenvalue weighted by atomic mass is 10.1. The van der Waals surface area contributed by atoms with Crippen LogP contribution in [0.3, 0.4) is 0 Å². The normalized spacial score (nSPS) is 15.2. The van der Waals surface area contributed by atoms with E-state index in [1.165, 1.54) is 4.90 Å². The predicted molar refractivity (Wildman–Crippen MR) is 108 cm³/mol. The maximum atomic E-state index is 12.8. The highest BCUT2D eigenvalue weighted by Crippen LogP contribution is 2.34. The first-order valence-corrected chi connectivity index (χ1v) is 9.45. The summed E-state index contributed by atoms with van der Waals surface area (Å²) >= 11 is 0.919. The first kappa shape index (κ1) is 17.8. The van der Waals surface area contributed by atoms with Crippen LogP contribution in [0.15, 0.2) is 77.8 Å². The third kappa shape index (κ3) is 3.36. The molecule has 1 saturated heterocycles. The van der Waals surface area contributed by atoms with Gasteiger partial charge in [-0.15, -0.1) is 0 Å². The van der Waals surface area contributed by atoms with Gasteiger partial charge in [-0.25, -0.2) is 0 Å². The lowest BCUT2D eigenvalue weighted by Crippen LogP contribution is -2.27. The van der Waals surface area contributed by atoms with Crippen molar-refractivity contribution in [1.82, 2.24) is 9.47 Å². The van der Waals surface area contributed by atoms with Gasteiger partial charge in [-0.2, -0.15) is 5.26 Å². The topological polar surface area (TPSA) is 66.1 Å². The summed E-state index contributed by atoms with van der Waals surface area (Å²) in [6, 6.07) is 22.6. The molecule has 1 aliphatic rings. The summed E-state index contributed by atoms with van der Waals surface area (Å²) < 4.78 is 1.96. The van der Waals surface area contributed by atoms with Gasteiger partial charge in [0.25, 0.3) is 11.1 Å². The minimum Gasteiger partial charge on any atom is -0.317 e. The number of carbonyl (C=O) groups is 2. The molecule has 1 fully saturated rings. The Kier molecular flexibility index (Phi) is 4.83. The van der Waals surface area contributed by atoms with E-state index in [0.717, 1.165) is 23.1 Å². The van der Waals surface area contributed by atoms with E-state index in [1.54, 1.807) is 30.3 Å². The number of para-hydroxylation sites is 1. The average molecular weight is 385 g/mol. The van der Waals surface area contributed by atoms with Crippen molar-refractivity contribution in [1.29, 1.82) is 5.26 Å². The van der Waals surface area contributed by atoms with Crippen molar-refractivity contribution in [3.63, 3.8) is 0 Å². The molecule has 0 bridgehead atoms. The lowest BCUT2D eigenvalue weighted by molar-refractivity contribution is -0.123. The largest absolute Gasteiger partial charge is 0.317 e. The second-order valence-electron chi connectivity index (χ2n) is 6.18. The molecule has 0 aliphatic carbocycles. The second-order valence-corrected chi connectivity index (χ2v) is 7.17. The fourth-order valence-electron chi connectivity index (χ4n) is 3.04. The van der Waals surface area contributed by atoms with Crippen LogP contribution in [0.1, 0.15) is 16.8 Å². The second kappa shape index (κ2) is 7.59. The molecule has 0 unspecified atom stereocenters. The van der Waals surface area contributed by atoms with E-state index in [1.807, 2.05) is 53.2 Å². The van der Waals surface area contributed by atoms with Crippen LogP contribution in [0.2, 0.25) is 0 Å². The highest BCUT2D eigenvalue weighted by atomic mass is 32.2. The number of imide groups is 1. The molecular formula is C22H15N3O2S. The Morgan fingerprint density at radius 3 is 2.50 bits per heavy atom. The molecule has 0 atom stereocenters. The number of carbonyl (C=O) groups excluding carboxylic acids is 2. The van der Waals surface area contributed by atoms with E-state index in [0.29, 0.717) is 16.0 Å². The molecule has 0 radical (unpaired) electrons. The standard InChI is InChI=1S/C22H15N3O2S/c23-14-16-7-4-5-8-17(16)15-25-21(26)20(28-22(25)27)13-19-11-6-12-24(19)18-9-2-1-3-10-18/h1-13H,15H2/b20-13+. The number of aromatic nitrogens is 1. The van der Waals surface area contributed by atoms with Gasteiger partial charge in [-0.05, 0) is 53.7 Å². The van der Waals surface area contributed by atoms with Crippen LogP contribution in [-0.2, 0) is 11.3 Å². The van der Waals surface area contributed by atoms with E-state index in [-0.39, 0.29) is 17.7 Å². The Morgan fingerprint density at radius 2 is 1.71 bits per heavy atom. The zero-order valence-corrected chi connectivity index (χ0v) is 15.6. The highest BCUT2D eigenvalue weighted by Gasteiger charge is 2.35. The van der Waals surface area contributed by atoms with Crippen molar-refractivity contribution in [3.05, 3.63) is 94.7 Å². The van der Waals surface area contributed by atoms with Crippen molar-refractivity contribution in [2.45, 2.75) is 6.54 Å². The molecule has 136 valence electrons. The molecule has 4 rings (SSSR count). The summed E-state index contributed by atoms with van der Waals surface area (Å²) in [5.41, 5.74) is 2.90. The van der Waals surface area contributed by atoms with E-state index in [2.05, 4.69) is 6.07 Å². The van der Waals surface area contributed by atoms with Crippen LogP contribution in [0, 0.1) is 11.3 Å². The molecule has 3 aromatic rings. The number of nitriles is 1. The van der Waals surface area contributed by atoms with Gasteiger partial charge in [-0.1, -0.05) is 36.4 Å². The van der Waals surface area contributed by atoms with Crippen LogP contribution in [0.5, 0.6) is 0 Å². The number of hydrogen-bond donors (Lipinski definition) is 0. The summed E-state index contributed by atoms with van der Waals surface area (Å²) in [4.78, 5) is 26.8. The smallest absolute Gasteiger partial charge is 0.293 e. The summed E-state index contributed by atoms with van der Waals surface area (Å²) in [5, 5.41) is 8.90. The van der Waals surface area contributed by atoms with Crippen molar-refractivity contribution in [2.75, 3.05) is 0 Å². The Labute approximate surface area is 166 Å². The Morgan fingerprint density at radius 1 is 0.964 bits per heavy atom. The van der Waals surface area contributed by atoms with Crippen molar-refractivity contribution in [2.24, 2.45) is 0 Å². The van der Waals surface area contributed by atoms with Crippen LogP contribution in [0.4, 0.5) is 4.79 Å². The molecular weight excluding hydrogens is 370 g/mol. The third-order valence-corrected chi connectivity index (χ3v) is 5.34. The molecule has 0 N–H and O–H groups in total. The Hall–Kier alpha value is -3.56. The molecule has 6 heteroatoms. The van der Waals surface area contributed by atoms with Gasteiger partial charge in [0, 0.05) is 17.6 Å². The molecule has 2 aromatic carbocycles. The Bertz CT molecular complexity index is 1130. The van der Waals surface area contributed by atoms with E-state index in [4.69, 9.17) is 0 Å². The quantitative estimate of drug-likeness (QED) is 0.616. The maximum absolute atomic E-state index is 12.8. The minimum absolute atomic E-state index is 0.0887. The fraction of sp³-hybridized carbons (Fsp3) is 0.0455. The summed E-state index contributed by atoms with van der Waals surface area (Å²) in [5.74, 6) is -0.344. The van der Waals surface area contributed by atoms with Gasteiger partial charge in [-0.3, -0.25) is 14.5 Å². The summed E-state index contributed by atoms with van der Waals surface area (Å²) in [6.45, 7) is 0.0887. The number of nitrogens with zero attached hydrogens (tertiary/aromatic N) is 3. The predicted octanol–water partition coefficient (Wildman–Crippen LogP) is 4.59. The monoisotopic (exact) mass is 385 g/mol. The Balaban J connectivity index is 1.62. The molecule has 1 aromatic heterocycles. The number of hydrogen-bond acceptors (Lipinski definition) is 4. The van der Waals surface area contributed by atoms with Crippen molar-refractivity contribution in [3.8, 4) is 11.8 Å². The van der Waals surface area contributed by atoms with Gasteiger partial charge in [0.05, 0.1) is 23.1 Å². The summed E-state index contributed by atoms with van der Waals surface area (Å²) in [6.07, 6.45) is 3.64. The SMILES string of the molecule is N#Cc1ccccc1CN1C(=O)S/C(=C/c2cccn2-c2ccccc2)C1=O. The number of benzene rings is 2. The molecule has 1 aliphatic heterocycles. The first-order valence-electron chi connectivity index (χ1n) is 8.63. The van der Waals surface area contributed by atoms with E-state index in [9.17, 15) is 14.9 Å². The van der Waals surface area contributed by atoms with Crippen LogP contribution >= 0.6 is 11.8 Å². The zero-order chi connectivity index (χ0) is 19.5. The lowest BCUT2D eigenvalue weighted by Gasteiger charge is -2.13. The number of amides is 2. The van der Waals surface area contributed by atoms with Crippen molar-refractivity contribution < 1.29 is 9.59 Å². The van der Waals surface area contributed by atoms with Crippen LogP contribution in [0.25, 0.3) is 11.8 Å². The minimum atomic E-state index is -0.344. The van der Waals surface area contributed by atoms with Crippen molar-refractivity contribution >= 4 is 29.0 Å². The molecule has 5 nitrogen and oxygen atoms in total. The van der Waals surface area contributed by atoms with E-state index < -0.39 is 0 Å². The van der Waals surface area contributed by atoms with Gasteiger partial charge in [0.2, 0.25) is 0 Å². The van der Waals surface area contributed by atoms with Gasteiger partial charge in [0.15, 0.2) is 0 Å². The van der Waals surface area contributed by atoms with E-state index >= 15 is 0 Å². The van der Waals surface area contributed by atoms with Gasteiger partial charge < -0.3 is 4.57 Å². The first-order chi connectivity index (χ1) is 13.7. The number of rotatable bonds is 4. The zero-order valence-electron chi connectivity index (χ0n) is 14.8. The third-order valence-electron chi connectivity index (χ3n) is 4.43. The molecule has 0 saturated carbocycles. The van der Waals surface area contributed by atoms with Gasteiger partial charge in [0.1, 0.15) is 0 Å². The summed E-state index contributed by atoms with van der Waals surface area (Å²) in [7, 11) is 0. The number of thioether (sulfide) groups is 1. The molecule has 2 amide bonds. The highest BCUT2D eigenvalue weighted by molar-refractivity contribution is 8.18. The van der Waals surface area contributed by atoms with Crippen LogP contribution < -0.4 is 0 Å². The maximum Gasteiger partial charge on any atom is 0.293 e. The van der Waals surface area contributed by atoms with Gasteiger partial charge >= 0.3 is 0 Å².